The molecule has 2 radical (unpaired) electrons. The summed E-state index contributed by atoms with van der Waals surface area (Å²) in [6.45, 7) is 3.43. The average Bonchev–Trinajstić information content (AvgIpc) is 2.88. The van der Waals surface area contributed by atoms with Crippen molar-refractivity contribution in [1.29, 1.82) is 0 Å². The van der Waals surface area contributed by atoms with Gasteiger partial charge >= 0.3 is 34.1 Å². The molecule has 0 amide bonds. The van der Waals surface area contributed by atoms with Gasteiger partial charge in [0, 0.05) is 57.8 Å². The Balaban J connectivity index is -0.000000270. The Morgan fingerprint density at radius 3 is 1.14 bits per heavy atom. The van der Waals surface area contributed by atoms with Gasteiger partial charge in [0.05, 0.1) is 24.6 Å². The number of hydrogen-bond donors (Lipinski definition) is 2. The van der Waals surface area contributed by atoms with Crippen LogP contribution in [0.1, 0.15) is 11.1 Å². The van der Waals surface area contributed by atoms with Gasteiger partial charge in [-0.1, -0.05) is 91.7 Å². The molecule has 0 aliphatic carbocycles. The Hall–Kier alpha value is -0.521. The number of quaternary nitrogens is 2. The van der Waals surface area contributed by atoms with E-state index in [1.807, 2.05) is 33.7 Å². The molecule has 0 aliphatic rings. The minimum absolute atomic E-state index is 0. The molecule has 258 valence electrons. The first-order valence-corrected chi connectivity index (χ1v) is 19.3. The molecule has 0 spiro atoms. The summed E-state index contributed by atoms with van der Waals surface area (Å²) < 4.78 is 68.2. The summed E-state index contributed by atoms with van der Waals surface area (Å²) >= 11 is 0. The van der Waals surface area contributed by atoms with Crippen LogP contribution in [0.3, 0.4) is 0 Å². The second kappa shape index (κ2) is 32.4. The minimum atomic E-state index is -5.17. The van der Waals surface area contributed by atoms with Crippen LogP contribution in [0.25, 0.3) is 0 Å². The summed E-state index contributed by atoms with van der Waals surface area (Å²) in [6.07, 6.45) is 3.32. The van der Waals surface area contributed by atoms with E-state index >= 15 is 0 Å². The molecular weight excluding hydrogens is 800 g/mol. The van der Waals surface area contributed by atoms with E-state index in [0.717, 1.165) is 49.2 Å². The SMILES string of the molecule is O=S(=O)([O-])[O-].O=S(=O)([O-])[O-].[Cu+2].[Cu+2].[NH3+]CCSSCCN=Cc1ccccc1[O-].[NH3+]CCSSCCN=Cc1ccccc1[O-]. The van der Waals surface area contributed by atoms with Gasteiger partial charge in [-0.3, -0.25) is 26.8 Å². The zero-order valence-electron chi connectivity index (χ0n) is 22.9. The van der Waals surface area contributed by atoms with Crippen molar-refractivity contribution in [2.75, 3.05) is 49.2 Å². The molecule has 6 N–H and O–H groups in total. The summed E-state index contributed by atoms with van der Waals surface area (Å²) in [7, 11) is -3.09. The fourth-order valence-electron chi connectivity index (χ4n) is 2.03. The number of hydrogen-bond acceptors (Lipinski definition) is 16. The van der Waals surface area contributed by atoms with Crippen LogP contribution in [0.5, 0.6) is 11.5 Å². The summed E-state index contributed by atoms with van der Waals surface area (Å²) in [5.41, 5.74) is 8.87. The van der Waals surface area contributed by atoms with Gasteiger partial charge in [0.1, 0.15) is 0 Å². The van der Waals surface area contributed by atoms with Gasteiger partial charge < -0.3 is 39.9 Å². The van der Waals surface area contributed by atoms with Crippen molar-refractivity contribution in [3.05, 3.63) is 59.7 Å². The predicted octanol–water partition coefficient (Wildman–Crippen LogP) is -1.08. The Labute approximate surface area is 295 Å². The molecule has 2 aromatic carbocycles. The molecule has 0 aliphatic heterocycles. The standard InChI is InChI=1S/2C11H16N2OS2.2Cu.2H2O4S/c2*12-5-7-15-16-8-6-13-9-10-3-1-2-4-11(10)14;;;2*1-5(2,3)4/h2*1-4,9,14H,5-8,12H2;;;2*(H2,1,2,3,4)/q;;2*+2;;/p-4. The van der Waals surface area contributed by atoms with E-state index < -0.39 is 20.8 Å². The van der Waals surface area contributed by atoms with Crippen molar-refractivity contribution < 1.29 is 90.9 Å². The van der Waals surface area contributed by atoms with Gasteiger partial charge in [0.2, 0.25) is 0 Å². The number of nitrogens with zero attached hydrogens (tertiary/aromatic N) is 2. The van der Waals surface area contributed by atoms with Gasteiger partial charge in [-0.05, 0) is 11.1 Å². The average molecular weight is 832 g/mol. The van der Waals surface area contributed by atoms with E-state index in [2.05, 4.69) is 21.5 Å². The minimum Gasteiger partial charge on any atom is -0.872 e. The third-order valence-electron chi connectivity index (χ3n) is 3.53. The van der Waals surface area contributed by atoms with E-state index in [1.165, 1.54) is 0 Å². The third-order valence-corrected chi connectivity index (χ3v) is 8.47. The second-order valence-corrected chi connectivity index (χ2v) is 14.0. The molecular formula is C22H32Cu2N4O10S6. The normalized spacial score (nSPS) is 10.7. The first kappa shape index (κ1) is 50.3. The van der Waals surface area contributed by atoms with Crippen LogP contribution < -0.4 is 21.7 Å². The fourth-order valence-corrected chi connectivity index (χ4v) is 5.67. The molecule has 0 heterocycles. The van der Waals surface area contributed by atoms with Crippen molar-refractivity contribution >= 4 is 76.4 Å². The summed E-state index contributed by atoms with van der Waals surface area (Å²) in [5.74, 6) is 4.18. The van der Waals surface area contributed by atoms with Crippen LogP contribution in [-0.2, 0) is 54.9 Å². The van der Waals surface area contributed by atoms with Gasteiger partial charge in [-0.15, -0.1) is 11.5 Å². The second-order valence-electron chi connectivity index (χ2n) is 6.96. The van der Waals surface area contributed by atoms with E-state index in [-0.39, 0.29) is 45.6 Å². The Kier molecular flexibility index (Phi) is 37.1. The topological polar surface area (TPSA) is 287 Å². The fraction of sp³-hybridized carbons (Fsp3) is 0.364. The van der Waals surface area contributed by atoms with Crippen molar-refractivity contribution in [2.24, 2.45) is 9.98 Å². The van der Waals surface area contributed by atoms with Gasteiger partial charge in [-0.25, -0.2) is 0 Å². The zero-order valence-corrected chi connectivity index (χ0v) is 29.7. The maximum atomic E-state index is 11.3. The van der Waals surface area contributed by atoms with E-state index in [1.54, 1.807) is 70.4 Å². The van der Waals surface area contributed by atoms with E-state index in [9.17, 15) is 10.2 Å². The first-order valence-electron chi connectivity index (χ1n) is 11.6. The Bertz CT molecular complexity index is 1140. The maximum Gasteiger partial charge on any atom is 2.00 e. The van der Waals surface area contributed by atoms with Crippen LogP contribution in [-0.4, -0.2) is 96.7 Å². The molecule has 0 unspecified atom stereocenters. The van der Waals surface area contributed by atoms with Crippen molar-refractivity contribution in [3.8, 4) is 11.5 Å². The molecule has 0 saturated heterocycles. The monoisotopic (exact) mass is 830 g/mol. The van der Waals surface area contributed by atoms with Crippen molar-refractivity contribution in [2.45, 2.75) is 0 Å². The van der Waals surface area contributed by atoms with Crippen LogP contribution in [0.15, 0.2) is 58.5 Å². The zero-order chi connectivity index (χ0) is 32.3. The smallest absolute Gasteiger partial charge is 0.872 e. The van der Waals surface area contributed by atoms with Crippen molar-refractivity contribution in [1.82, 2.24) is 0 Å². The first-order chi connectivity index (χ1) is 19.7. The molecule has 0 atom stereocenters. The molecule has 0 saturated carbocycles. The van der Waals surface area contributed by atoms with Crippen LogP contribution >= 0.6 is 43.2 Å². The molecule has 2 aromatic rings. The molecule has 14 nitrogen and oxygen atoms in total. The Morgan fingerprint density at radius 2 is 0.864 bits per heavy atom. The molecule has 0 fully saturated rings. The summed E-state index contributed by atoms with van der Waals surface area (Å²) in [6, 6.07) is 13.9. The number of benzene rings is 2. The van der Waals surface area contributed by atoms with Crippen LogP contribution in [0.4, 0.5) is 0 Å². The van der Waals surface area contributed by atoms with E-state index in [4.69, 9.17) is 35.0 Å². The number of aliphatic imine (C=N–C) groups is 2. The third kappa shape index (κ3) is 43.6. The van der Waals surface area contributed by atoms with Gasteiger partial charge in [-0.2, -0.15) is 0 Å². The predicted molar refractivity (Wildman–Crippen MR) is 163 cm³/mol. The summed E-state index contributed by atoms with van der Waals surface area (Å²) in [5, 5.41) is 22.6. The van der Waals surface area contributed by atoms with E-state index in [0.29, 0.717) is 11.1 Å². The molecule has 2 rings (SSSR count). The largest absolute Gasteiger partial charge is 2.00 e. The quantitative estimate of drug-likeness (QED) is 0.0572. The number of rotatable bonds is 14. The van der Waals surface area contributed by atoms with Crippen molar-refractivity contribution in [3.63, 3.8) is 0 Å². The molecule has 44 heavy (non-hydrogen) atoms. The number of para-hydroxylation sites is 2. The van der Waals surface area contributed by atoms with Crippen LogP contribution in [0.2, 0.25) is 0 Å². The van der Waals surface area contributed by atoms with Gasteiger partial charge in [0.25, 0.3) is 0 Å². The summed E-state index contributed by atoms with van der Waals surface area (Å²) in [4.78, 5) is 8.45. The molecule has 0 aromatic heterocycles. The Morgan fingerprint density at radius 1 is 0.591 bits per heavy atom. The molecule has 22 heteroatoms. The maximum absolute atomic E-state index is 11.3. The van der Waals surface area contributed by atoms with Crippen LogP contribution in [0, 0.1) is 0 Å². The van der Waals surface area contributed by atoms with Gasteiger partial charge in [0.15, 0.2) is 0 Å². The molecule has 0 bridgehead atoms.